The number of esters is 1. The lowest BCUT2D eigenvalue weighted by atomic mass is 10.2. The Morgan fingerprint density at radius 3 is 2.77 bits per heavy atom. The Hall–Kier alpha value is -1.00. The van der Waals surface area contributed by atoms with E-state index in [1.807, 2.05) is 0 Å². The number of hydrogen-bond donors (Lipinski definition) is 1. The predicted octanol–water partition coefficient (Wildman–Crippen LogP) is 1.76. The van der Waals surface area contributed by atoms with Crippen LogP contribution in [0.3, 0.4) is 0 Å². The molecule has 0 saturated carbocycles. The van der Waals surface area contributed by atoms with Gasteiger partial charge in [0.15, 0.2) is 0 Å². The molecule has 1 rings (SSSR count). The zero-order chi connectivity index (χ0) is 10.0. The quantitative estimate of drug-likeness (QED) is 0.579. The van der Waals surface area contributed by atoms with Crippen LogP contribution in [-0.2, 0) is 4.74 Å². The summed E-state index contributed by atoms with van der Waals surface area (Å²) in [4.78, 5) is 14.8. The number of methoxy groups -OCH3 is 1. The van der Waals surface area contributed by atoms with E-state index in [0.29, 0.717) is 0 Å². The Labute approximate surface area is 84.6 Å². The molecule has 13 heavy (non-hydrogen) atoms. The highest BCUT2D eigenvalue weighted by atomic mass is 35.5. The number of halogens is 2. The van der Waals surface area contributed by atoms with E-state index in [1.54, 1.807) is 0 Å². The molecule has 6 heteroatoms. The number of nitrogens with zero attached hydrogens (tertiary/aromatic N) is 1. The molecule has 0 aliphatic heterocycles. The normalized spacial score (nSPS) is 9.77. The van der Waals surface area contributed by atoms with E-state index in [9.17, 15) is 4.79 Å². The smallest absolute Gasteiger partial charge is 0.343 e. The van der Waals surface area contributed by atoms with Gasteiger partial charge in [-0.1, -0.05) is 23.2 Å². The number of nitrogen functional groups attached to an aromatic ring is 1. The van der Waals surface area contributed by atoms with E-state index in [1.165, 1.54) is 13.3 Å². The molecule has 1 aromatic rings. The highest BCUT2D eigenvalue weighted by Gasteiger charge is 2.17. The fraction of sp³-hybridized carbons (Fsp3) is 0.143. The minimum absolute atomic E-state index is 0.00309. The lowest BCUT2D eigenvalue weighted by Gasteiger charge is -2.05. The molecule has 0 saturated heterocycles. The molecule has 0 aliphatic carbocycles. The van der Waals surface area contributed by atoms with Crippen molar-refractivity contribution in [3.8, 4) is 0 Å². The highest BCUT2D eigenvalue weighted by molar-refractivity contribution is 6.37. The van der Waals surface area contributed by atoms with Crippen molar-refractivity contribution in [2.45, 2.75) is 0 Å². The van der Waals surface area contributed by atoms with Crippen LogP contribution in [0, 0.1) is 0 Å². The second kappa shape index (κ2) is 3.81. The van der Waals surface area contributed by atoms with E-state index >= 15 is 0 Å². The van der Waals surface area contributed by atoms with E-state index in [2.05, 4.69) is 9.72 Å². The van der Waals surface area contributed by atoms with Gasteiger partial charge in [0.1, 0.15) is 10.7 Å². The second-order valence-electron chi connectivity index (χ2n) is 2.18. The molecule has 2 N–H and O–H groups in total. The first-order valence-corrected chi connectivity index (χ1v) is 4.01. The van der Waals surface area contributed by atoms with Crippen molar-refractivity contribution in [2.75, 3.05) is 12.8 Å². The predicted molar refractivity (Wildman–Crippen MR) is 50.0 cm³/mol. The summed E-state index contributed by atoms with van der Waals surface area (Å²) in [5, 5.41) is 0.151. The van der Waals surface area contributed by atoms with Crippen LogP contribution in [0.2, 0.25) is 10.2 Å². The van der Waals surface area contributed by atoms with Crippen molar-refractivity contribution in [1.29, 1.82) is 0 Å². The molecular formula is C7H6Cl2N2O2. The van der Waals surface area contributed by atoms with Gasteiger partial charge in [-0.2, -0.15) is 0 Å². The van der Waals surface area contributed by atoms with Gasteiger partial charge in [-0.15, -0.1) is 0 Å². The monoisotopic (exact) mass is 220 g/mol. The molecule has 0 radical (unpaired) electrons. The van der Waals surface area contributed by atoms with E-state index in [-0.39, 0.29) is 21.4 Å². The number of anilines is 1. The third kappa shape index (κ3) is 1.84. The third-order valence-electron chi connectivity index (χ3n) is 1.41. The molecule has 0 bridgehead atoms. The van der Waals surface area contributed by atoms with Gasteiger partial charge >= 0.3 is 5.97 Å². The summed E-state index contributed by atoms with van der Waals surface area (Å²) in [6.45, 7) is 0. The van der Waals surface area contributed by atoms with E-state index in [0.717, 1.165) is 0 Å². The Morgan fingerprint density at radius 1 is 1.62 bits per heavy atom. The summed E-state index contributed by atoms with van der Waals surface area (Å²) in [6, 6.07) is 0. The topological polar surface area (TPSA) is 65.2 Å². The molecule has 0 aromatic carbocycles. The first-order chi connectivity index (χ1) is 6.07. The number of hydrogen-bond acceptors (Lipinski definition) is 4. The number of aromatic nitrogens is 1. The molecule has 1 heterocycles. The van der Waals surface area contributed by atoms with Crippen molar-refractivity contribution >= 4 is 34.9 Å². The fourth-order valence-corrected chi connectivity index (χ4v) is 1.15. The van der Waals surface area contributed by atoms with Gasteiger partial charge in [0.25, 0.3) is 0 Å². The number of carbonyl (C=O) groups excluding carboxylic acids is 1. The molecule has 0 aliphatic rings. The summed E-state index contributed by atoms with van der Waals surface area (Å²) in [5.74, 6) is -0.655. The Kier molecular flexibility index (Phi) is 2.95. The molecule has 70 valence electrons. The van der Waals surface area contributed by atoms with Gasteiger partial charge in [-0.3, -0.25) is 0 Å². The Balaban J connectivity index is 3.33. The summed E-state index contributed by atoms with van der Waals surface area (Å²) < 4.78 is 4.45. The van der Waals surface area contributed by atoms with E-state index < -0.39 is 5.97 Å². The number of rotatable bonds is 1. The van der Waals surface area contributed by atoms with E-state index in [4.69, 9.17) is 28.9 Å². The van der Waals surface area contributed by atoms with Crippen LogP contribution in [0.4, 0.5) is 5.69 Å². The zero-order valence-corrected chi connectivity index (χ0v) is 8.19. The van der Waals surface area contributed by atoms with Crippen LogP contribution >= 0.6 is 23.2 Å². The number of nitrogens with two attached hydrogens (primary N) is 1. The molecule has 0 spiro atoms. The number of pyridine rings is 1. The lowest BCUT2D eigenvalue weighted by Crippen LogP contribution is -2.08. The standard InChI is InChI=1S/C7H6Cl2N2O2/c1-13-7(12)4-5(10)3(8)2-11-6(4)9/h2H,1H3,(H2,10,11). The molecule has 4 nitrogen and oxygen atoms in total. The van der Waals surface area contributed by atoms with Crippen LogP contribution < -0.4 is 5.73 Å². The van der Waals surface area contributed by atoms with Crippen LogP contribution in [0.5, 0.6) is 0 Å². The lowest BCUT2D eigenvalue weighted by molar-refractivity contribution is 0.0601. The maximum Gasteiger partial charge on any atom is 0.343 e. The Morgan fingerprint density at radius 2 is 2.23 bits per heavy atom. The van der Waals surface area contributed by atoms with Crippen molar-refractivity contribution in [3.05, 3.63) is 21.9 Å². The zero-order valence-electron chi connectivity index (χ0n) is 6.67. The maximum absolute atomic E-state index is 11.1. The average molecular weight is 221 g/mol. The van der Waals surface area contributed by atoms with Crippen LogP contribution in [0.15, 0.2) is 6.20 Å². The third-order valence-corrected chi connectivity index (χ3v) is 2.00. The van der Waals surface area contributed by atoms with Crippen molar-refractivity contribution in [1.82, 2.24) is 4.98 Å². The maximum atomic E-state index is 11.1. The first kappa shape index (κ1) is 10.1. The second-order valence-corrected chi connectivity index (χ2v) is 2.94. The largest absolute Gasteiger partial charge is 0.465 e. The molecular weight excluding hydrogens is 215 g/mol. The molecule has 0 amide bonds. The summed E-state index contributed by atoms with van der Waals surface area (Å²) in [7, 11) is 1.22. The van der Waals surface area contributed by atoms with Gasteiger partial charge in [0.05, 0.1) is 17.8 Å². The minimum Gasteiger partial charge on any atom is -0.465 e. The molecule has 0 atom stereocenters. The molecule has 0 fully saturated rings. The summed E-state index contributed by atoms with van der Waals surface area (Å²) in [5.41, 5.74) is 5.58. The number of carbonyl (C=O) groups is 1. The van der Waals surface area contributed by atoms with Gasteiger partial charge < -0.3 is 10.5 Å². The molecule has 1 aromatic heterocycles. The first-order valence-electron chi connectivity index (χ1n) is 3.25. The van der Waals surface area contributed by atoms with Crippen molar-refractivity contribution in [2.24, 2.45) is 0 Å². The molecule has 0 unspecified atom stereocenters. The van der Waals surface area contributed by atoms with Gasteiger partial charge in [0.2, 0.25) is 0 Å². The SMILES string of the molecule is COC(=O)c1c(Cl)ncc(Cl)c1N. The van der Waals surface area contributed by atoms with Crippen LogP contribution in [0.25, 0.3) is 0 Å². The van der Waals surface area contributed by atoms with Gasteiger partial charge in [-0.05, 0) is 0 Å². The van der Waals surface area contributed by atoms with Crippen LogP contribution in [-0.4, -0.2) is 18.1 Å². The fourth-order valence-electron chi connectivity index (χ4n) is 0.774. The van der Waals surface area contributed by atoms with Crippen molar-refractivity contribution < 1.29 is 9.53 Å². The average Bonchev–Trinajstić information content (AvgIpc) is 2.12. The Bertz CT molecular complexity index is 355. The van der Waals surface area contributed by atoms with Crippen molar-refractivity contribution in [3.63, 3.8) is 0 Å². The summed E-state index contributed by atoms with van der Waals surface area (Å²) >= 11 is 11.3. The van der Waals surface area contributed by atoms with Crippen LogP contribution in [0.1, 0.15) is 10.4 Å². The number of ether oxygens (including phenoxy) is 1. The van der Waals surface area contributed by atoms with Gasteiger partial charge in [0, 0.05) is 6.20 Å². The minimum atomic E-state index is -0.655. The summed E-state index contributed by atoms with van der Waals surface area (Å²) in [6.07, 6.45) is 1.27. The highest BCUT2D eigenvalue weighted by Crippen LogP contribution is 2.27. The van der Waals surface area contributed by atoms with Gasteiger partial charge in [-0.25, -0.2) is 9.78 Å².